The number of hydrogen-bond donors (Lipinski definition) is 0. The molecule has 1 fully saturated rings. The molecule has 0 bridgehead atoms. The predicted molar refractivity (Wildman–Crippen MR) is 89.5 cm³/mol. The summed E-state index contributed by atoms with van der Waals surface area (Å²) in [5.41, 5.74) is 2.66. The summed E-state index contributed by atoms with van der Waals surface area (Å²) in [7, 11) is 2.78. The number of anilines is 1. The Bertz CT molecular complexity index is 463. The highest BCUT2D eigenvalue weighted by molar-refractivity contribution is 7.15. The molecule has 0 aromatic heterocycles. The lowest BCUT2D eigenvalue weighted by Crippen LogP contribution is -2.49. The molecule has 20 heavy (non-hydrogen) atoms. The Morgan fingerprint density at radius 1 is 0.950 bits per heavy atom. The minimum absolute atomic E-state index is 0.978. The second-order valence-electron chi connectivity index (χ2n) is 5.61. The monoisotopic (exact) mass is 289 g/mol. The highest BCUT2D eigenvalue weighted by atomic mass is 31.0. The Balaban J connectivity index is 1.81. The maximum atomic E-state index is 4.82. The van der Waals surface area contributed by atoms with E-state index in [2.05, 4.69) is 43.3 Å². The Morgan fingerprint density at radius 3 is 2.40 bits per heavy atom. The molecular weight excluding hydrogens is 265 g/mol. The molecule has 0 amide bonds. The molecular formula is C16H24N3P. The van der Waals surface area contributed by atoms with Crippen LogP contribution in [-0.2, 0) is 6.16 Å². The van der Waals surface area contributed by atoms with Crippen molar-refractivity contribution in [2.24, 2.45) is 4.99 Å². The van der Waals surface area contributed by atoms with E-state index >= 15 is 0 Å². The van der Waals surface area contributed by atoms with Gasteiger partial charge in [0.15, 0.2) is 0 Å². The largest absolute Gasteiger partial charge is 0.343 e. The van der Waals surface area contributed by atoms with Crippen LogP contribution in [0.25, 0.3) is 0 Å². The van der Waals surface area contributed by atoms with E-state index in [0.717, 1.165) is 25.7 Å². The van der Waals surface area contributed by atoms with Crippen LogP contribution in [0.2, 0.25) is 0 Å². The Labute approximate surface area is 124 Å². The van der Waals surface area contributed by atoms with Crippen LogP contribution in [0.5, 0.6) is 0 Å². The zero-order valence-corrected chi connectivity index (χ0v) is 13.2. The smallest absolute Gasteiger partial charge is 0.201 e. The normalized spacial score (nSPS) is 19.9. The van der Waals surface area contributed by atoms with Crippen LogP contribution in [-0.4, -0.2) is 37.0 Å². The quantitative estimate of drug-likeness (QED) is 0.779. The maximum Gasteiger partial charge on any atom is 0.201 e. The zero-order valence-electron chi connectivity index (χ0n) is 12.1. The van der Waals surface area contributed by atoms with Crippen molar-refractivity contribution in [1.29, 1.82) is 0 Å². The van der Waals surface area contributed by atoms with E-state index < -0.39 is 0 Å². The van der Waals surface area contributed by atoms with Crippen LogP contribution in [0, 0.1) is 0 Å². The molecule has 4 heteroatoms. The molecule has 0 aliphatic carbocycles. The highest BCUT2D eigenvalue weighted by Gasteiger charge is 2.23. The molecule has 1 unspecified atom stereocenters. The van der Waals surface area contributed by atoms with Gasteiger partial charge in [0.25, 0.3) is 0 Å². The van der Waals surface area contributed by atoms with Gasteiger partial charge < -0.3 is 9.80 Å². The average molecular weight is 289 g/mol. The van der Waals surface area contributed by atoms with Crippen molar-refractivity contribution in [1.82, 2.24) is 4.90 Å². The third-order valence-electron chi connectivity index (χ3n) is 4.16. The second kappa shape index (κ2) is 6.58. The van der Waals surface area contributed by atoms with Gasteiger partial charge in [-0.15, -0.1) is 9.24 Å². The van der Waals surface area contributed by atoms with Crippen molar-refractivity contribution >= 4 is 20.9 Å². The van der Waals surface area contributed by atoms with Gasteiger partial charge in [0, 0.05) is 31.9 Å². The molecule has 1 aromatic rings. The van der Waals surface area contributed by atoms with E-state index in [1.54, 1.807) is 0 Å². The summed E-state index contributed by atoms with van der Waals surface area (Å²) in [4.78, 5) is 9.70. The average Bonchev–Trinajstić information content (AvgIpc) is 2.56. The van der Waals surface area contributed by atoms with Crippen molar-refractivity contribution < 1.29 is 0 Å². The topological polar surface area (TPSA) is 18.8 Å². The minimum atomic E-state index is 0.978. The molecule has 2 heterocycles. The molecule has 0 saturated carbocycles. The number of guanidine groups is 1. The number of likely N-dealkylation sites (tertiary alicyclic amines) is 1. The fraction of sp³-hybridized carbons (Fsp3) is 0.562. The molecule has 0 radical (unpaired) electrons. The van der Waals surface area contributed by atoms with Gasteiger partial charge in [-0.25, -0.2) is 0 Å². The summed E-state index contributed by atoms with van der Waals surface area (Å²) < 4.78 is 0. The minimum Gasteiger partial charge on any atom is -0.343 e. The summed E-state index contributed by atoms with van der Waals surface area (Å²) in [5.74, 6) is 1.20. The van der Waals surface area contributed by atoms with Crippen LogP contribution in [0.3, 0.4) is 0 Å². The molecule has 3 rings (SSSR count). The molecule has 108 valence electrons. The zero-order chi connectivity index (χ0) is 13.8. The van der Waals surface area contributed by atoms with Gasteiger partial charge in [-0.2, -0.15) is 0 Å². The summed E-state index contributed by atoms with van der Waals surface area (Å²) in [5, 5.41) is 0. The number of rotatable bonds is 2. The molecule has 3 nitrogen and oxygen atoms in total. The standard InChI is InChI=1S/C16H24N3P/c20-13-14-5-7-15(8-6-14)19-12-4-9-17-16(19)18-10-2-1-3-11-18/h5-8H,1-4,9-13,20H2. The Kier molecular flexibility index (Phi) is 4.57. The van der Waals surface area contributed by atoms with Crippen molar-refractivity contribution in [3.05, 3.63) is 29.8 Å². The molecule has 0 spiro atoms. The Hall–Kier alpha value is -1.08. The van der Waals surface area contributed by atoms with Crippen molar-refractivity contribution in [3.63, 3.8) is 0 Å². The molecule has 0 N–H and O–H groups in total. The lowest BCUT2D eigenvalue weighted by molar-refractivity contribution is 0.333. The number of nitrogens with zero attached hydrogens (tertiary/aromatic N) is 3. The predicted octanol–water partition coefficient (Wildman–Crippen LogP) is 3.11. The van der Waals surface area contributed by atoms with Crippen LogP contribution in [0.1, 0.15) is 31.2 Å². The van der Waals surface area contributed by atoms with Gasteiger partial charge in [0.2, 0.25) is 5.96 Å². The molecule has 2 aliphatic rings. The second-order valence-corrected chi connectivity index (χ2v) is 6.01. The van der Waals surface area contributed by atoms with Gasteiger partial charge >= 0.3 is 0 Å². The molecule has 1 saturated heterocycles. The van der Waals surface area contributed by atoms with Crippen LogP contribution in [0.15, 0.2) is 29.3 Å². The first-order chi connectivity index (χ1) is 9.88. The van der Waals surface area contributed by atoms with Crippen molar-refractivity contribution in [3.8, 4) is 0 Å². The van der Waals surface area contributed by atoms with Gasteiger partial charge in [-0.3, -0.25) is 4.99 Å². The van der Waals surface area contributed by atoms with E-state index in [9.17, 15) is 0 Å². The molecule has 1 atom stereocenters. The van der Waals surface area contributed by atoms with E-state index in [1.807, 2.05) is 0 Å². The van der Waals surface area contributed by atoms with Crippen molar-refractivity contribution in [2.45, 2.75) is 31.8 Å². The summed E-state index contributed by atoms with van der Waals surface area (Å²) in [6, 6.07) is 8.93. The van der Waals surface area contributed by atoms with E-state index in [0.29, 0.717) is 0 Å². The summed E-state index contributed by atoms with van der Waals surface area (Å²) in [6.07, 6.45) is 6.15. The van der Waals surface area contributed by atoms with E-state index in [1.165, 1.54) is 49.6 Å². The number of aliphatic imine (C=N–C) groups is 1. The molecule has 2 aliphatic heterocycles. The number of piperidine rings is 1. The first kappa shape index (κ1) is 13.9. The summed E-state index contributed by atoms with van der Waals surface area (Å²) in [6.45, 7) is 4.40. The van der Waals surface area contributed by atoms with Crippen LogP contribution in [0.4, 0.5) is 5.69 Å². The molecule has 1 aromatic carbocycles. The van der Waals surface area contributed by atoms with Gasteiger partial charge in [-0.1, -0.05) is 12.1 Å². The maximum absolute atomic E-state index is 4.82. The number of benzene rings is 1. The van der Waals surface area contributed by atoms with Gasteiger partial charge in [-0.05, 0) is 49.5 Å². The number of hydrogen-bond acceptors (Lipinski definition) is 3. The lowest BCUT2D eigenvalue weighted by Gasteiger charge is -2.38. The summed E-state index contributed by atoms with van der Waals surface area (Å²) >= 11 is 0. The SMILES string of the molecule is PCc1ccc(N2CCCN=C2N2CCCCC2)cc1. The Morgan fingerprint density at radius 2 is 1.70 bits per heavy atom. The lowest BCUT2D eigenvalue weighted by atomic mass is 10.1. The van der Waals surface area contributed by atoms with Crippen LogP contribution < -0.4 is 4.90 Å². The highest BCUT2D eigenvalue weighted by Crippen LogP contribution is 2.22. The van der Waals surface area contributed by atoms with Crippen LogP contribution >= 0.6 is 9.24 Å². The van der Waals surface area contributed by atoms with Crippen molar-refractivity contribution in [2.75, 3.05) is 31.1 Å². The third kappa shape index (κ3) is 2.98. The van der Waals surface area contributed by atoms with E-state index in [4.69, 9.17) is 4.99 Å². The first-order valence-corrected chi connectivity index (χ1v) is 8.56. The fourth-order valence-corrected chi connectivity index (χ4v) is 3.29. The first-order valence-electron chi connectivity index (χ1n) is 7.74. The third-order valence-corrected chi connectivity index (χ3v) is 4.63. The fourth-order valence-electron chi connectivity index (χ4n) is 3.01. The van der Waals surface area contributed by atoms with Gasteiger partial charge in [0.05, 0.1) is 0 Å². The van der Waals surface area contributed by atoms with E-state index in [-0.39, 0.29) is 0 Å². The van der Waals surface area contributed by atoms with Gasteiger partial charge in [0.1, 0.15) is 0 Å².